The number of carbonyl (C=O) groups excluding carboxylic acids is 1. The molecule has 1 amide bonds. The summed E-state index contributed by atoms with van der Waals surface area (Å²) in [5.74, 6) is 1.32. The Morgan fingerprint density at radius 1 is 1.00 bits per heavy atom. The number of methoxy groups -OCH3 is 2. The highest BCUT2D eigenvalue weighted by molar-refractivity contribution is 7.90. The van der Waals surface area contributed by atoms with Crippen LogP contribution in [0.3, 0.4) is 0 Å². The Morgan fingerprint density at radius 2 is 1.75 bits per heavy atom. The Balaban J connectivity index is 1.62. The van der Waals surface area contributed by atoms with Crippen LogP contribution in [-0.4, -0.2) is 40.9 Å². The second kappa shape index (κ2) is 10.8. The third-order valence-electron chi connectivity index (χ3n) is 4.89. The summed E-state index contributed by atoms with van der Waals surface area (Å²) in [7, 11) is -0.612. The molecule has 0 fully saturated rings. The van der Waals surface area contributed by atoms with Crippen LogP contribution < -0.4 is 19.5 Å². The van der Waals surface area contributed by atoms with E-state index in [1.54, 1.807) is 50.6 Å². The fourth-order valence-electron chi connectivity index (χ4n) is 3.20. The van der Waals surface area contributed by atoms with Gasteiger partial charge in [-0.1, -0.05) is 12.5 Å². The molecule has 8 nitrogen and oxygen atoms in total. The minimum atomic E-state index is -3.71. The maximum atomic E-state index is 12.6. The second-order valence-corrected chi connectivity index (χ2v) is 8.89. The highest BCUT2D eigenvalue weighted by Crippen LogP contribution is 2.28. The predicted octanol–water partition coefficient (Wildman–Crippen LogP) is 3.61. The summed E-state index contributed by atoms with van der Waals surface area (Å²) in [5.41, 5.74) is 1.25. The molecule has 0 spiro atoms. The van der Waals surface area contributed by atoms with Gasteiger partial charge in [0.2, 0.25) is 5.91 Å². The first-order valence-electron chi connectivity index (χ1n) is 10.3. The number of ether oxygens (including phenoxy) is 2. The van der Waals surface area contributed by atoms with E-state index >= 15 is 0 Å². The fourth-order valence-corrected chi connectivity index (χ4v) is 4.29. The molecular formula is C23H27N3O5S. The topological polar surface area (TPSA) is 106 Å². The summed E-state index contributed by atoms with van der Waals surface area (Å²) in [6.45, 7) is 0.639. The fraction of sp³-hybridized carbons (Fsp3) is 0.304. The van der Waals surface area contributed by atoms with Crippen molar-refractivity contribution in [1.82, 2.24) is 4.72 Å². The van der Waals surface area contributed by atoms with Crippen LogP contribution in [0, 0.1) is 0 Å². The molecular weight excluding hydrogens is 430 g/mol. The molecule has 0 aliphatic carbocycles. The zero-order valence-electron chi connectivity index (χ0n) is 18.1. The van der Waals surface area contributed by atoms with Gasteiger partial charge in [0, 0.05) is 24.7 Å². The average Bonchev–Trinajstić information content (AvgIpc) is 3.06. The number of carbonyl (C=O) groups is 1. The number of hydrogen-bond acceptors (Lipinski definition) is 6. The quantitative estimate of drug-likeness (QED) is 0.618. The van der Waals surface area contributed by atoms with Gasteiger partial charge in [0.15, 0.2) is 11.5 Å². The van der Waals surface area contributed by atoms with E-state index in [0.717, 1.165) is 24.8 Å². The molecule has 3 rings (SSSR count). The molecule has 1 heterocycles. The average molecular weight is 458 g/mol. The molecule has 0 saturated carbocycles. The second-order valence-electron chi connectivity index (χ2n) is 7.21. The first-order chi connectivity index (χ1) is 15.4. The van der Waals surface area contributed by atoms with Crippen LogP contribution in [0.4, 0.5) is 5.69 Å². The molecule has 2 aromatic carbocycles. The van der Waals surface area contributed by atoms with Crippen LogP contribution in [0.2, 0.25) is 0 Å². The van der Waals surface area contributed by atoms with Gasteiger partial charge in [0.25, 0.3) is 10.0 Å². The molecule has 1 aliphatic heterocycles. The highest BCUT2D eigenvalue weighted by atomic mass is 32.2. The normalized spacial score (nSPS) is 14.4. The summed E-state index contributed by atoms with van der Waals surface area (Å²) in [6, 6.07) is 11.3. The van der Waals surface area contributed by atoms with E-state index in [9.17, 15) is 13.2 Å². The van der Waals surface area contributed by atoms with Gasteiger partial charge in [-0.25, -0.2) is 8.42 Å². The van der Waals surface area contributed by atoms with Crippen molar-refractivity contribution in [3.63, 3.8) is 0 Å². The van der Waals surface area contributed by atoms with Crippen LogP contribution in [0.15, 0.2) is 58.4 Å². The van der Waals surface area contributed by atoms with Crippen molar-refractivity contribution in [2.24, 2.45) is 4.99 Å². The number of aliphatic imine (C=N–C) groups is 1. The molecule has 0 atom stereocenters. The van der Waals surface area contributed by atoms with E-state index in [1.807, 2.05) is 0 Å². The predicted molar refractivity (Wildman–Crippen MR) is 125 cm³/mol. The zero-order valence-corrected chi connectivity index (χ0v) is 18.9. The Morgan fingerprint density at radius 3 is 2.47 bits per heavy atom. The lowest BCUT2D eigenvalue weighted by Gasteiger charge is -2.10. The van der Waals surface area contributed by atoms with Gasteiger partial charge in [0.1, 0.15) is 5.84 Å². The number of anilines is 1. The van der Waals surface area contributed by atoms with Crippen molar-refractivity contribution in [3.8, 4) is 11.5 Å². The van der Waals surface area contributed by atoms with Crippen LogP contribution in [0.5, 0.6) is 11.5 Å². The largest absolute Gasteiger partial charge is 0.493 e. The monoisotopic (exact) mass is 457 g/mol. The summed E-state index contributed by atoms with van der Waals surface area (Å²) in [6.07, 6.45) is 6.59. The SMILES string of the molecule is COc1ccc(C=CC(=O)Nc2ccc(S(=O)(=O)NC3=NCCCCC3)cc2)cc1OC. The zero-order chi connectivity index (χ0) is 23.0. The molecule has 0 saturated heterocycles. The lowest BCUT2D eigenvalue weighted by atomic mass is 10.2. The molecule has 1 aliphatic rings. The molecule has 0 unspecified atom stereocenters. The number of nitrogens with zero attached hydrogens (tertiary/aromatic N) is 1. The van der Waals surface area contributed by atoms with E-state index in [2.05, 4.69) is 15.0 Å². The lowest BCUT2D eigenvalue weighted by Crippen LogP contribution is -2.30. The number of benzene rings is 2. The Labute approximate surface area is 188 Å². The maximum absolute atomic E-state index is 12.6. The lowest BCUT2D eigenvalue weighted by molar-refractivity contribution is -0.111. The number of sulfonamides is 1. The van der Waals surface area contributed by atoms with Gasteiger partial charge in [-0.05, 0) is 60.9 Å². The van der Waals surface area contributed by atoms with E-state index in [-0.39, 0.29) is 10.8 Å². The Bertz CT molecular complexity index is 1110. The standard InChI is InChI=1S/C23H27N3O5S/c1-30-20-13-7-17(16-21(20)31-2)8-14-23(27)25-18-9-11-19(12-10-18)32(28,29)26-22-6-4-3-5-15-24-22/h7-14,16H,3-6,15H2,1-2H3,(H,24,26)(H,25,27). The van der Waals surface area contributed by atoms with Crippen molar-refractivity contribution in [1.29, 1.82) is 0 Å². The molecule has 0 aromatic heterocycles. The molecule has 0 radical (unpaired) electrons. The number of nitrogens with one attached hydrogen (secondary N) is 2. The number of amides is 1. The highest BCUT2D eigenvalue weighted by Gasteiger charge is 2.17. The van der Waals surface area contributed by atoms with E-state index in [0.29, 0.717) is 36.0 Å². The Hall–Kier alpha value is -3.33. The van der Waals surface area contributed by atoms with Gasteiger partial charge in [-0.3, -0.25) is 14.5 Å². The van der Waals surface area contributed by atoms with Crippen molar-refractivity contribution in [3.05, 3.63) is 54.1 Å². The van der Waals surface area contributed by atoms with Crippen molar-refractivity contribution in [2.75, 3.05) is 26.1 Å². The molecule has 32 heavy (non-hydrogen) atoms. The van der Waals surface area contributed by atoms with Crippen molar-refractivity contribution >= 4 is 33.5 Å². The summed E-state index contributed by atoms with van der Waals surface area (Å²) < 4.78 is 38.2. The van der Waals surface area contributed by atoms with Crippen LogP contribution in [-0.2, 0) is 14.8 Å². The van der Waals surface area contributed by atoms with Gasteiger partial charge in [-0.15, -0.1) is 0 Å². The van der Waals surface area contributed by atoms with Crippen LogP contribution in [0.1, 0.15) is 31.2 Å². The van der Waals surface area contributed by atoms with Gasteiger partial charge >= 0.3 is 0 Å². The number of amidine groups is 1. The van der Waals surface area contributed by atoms with Gasteiger partial charge in [0.05, 0.1) is 19.1 Å². The van der Waals surface area contributed by atoms with E-state index < -0.39 is 10.0 Å². The first kappa shape index (κ1) is 23.3. The summed E-state index contributed by atoms with van der Waals surface area (Å²) in [5, 5.41) is 2.71. The summed E-state index contributed by atoms with van der Waals surface area (Å²) in [4.78, 5) is 16.7. The molecule has 170 valence electrons. The molecule has 0 bridgehead atoms. The maximum Gasteiger partial charge on any atom is 0.262 e. The molecule has 2 N–H and O–H groups in total. The van der Waals surface area contributed by atoms with Gasteiger partial charge < -0.3 is 14.8 Å². The van der Waals surface area contributed by atoms with E-state index in [4.69, 9.17) is 9.47 Å². The van der Waals surface area contributed by atoms with Crippen molar-refractivity contribution < 1.29 is 22.7 Å². The van der Waals surface area contributed by atoms with Crippen molar-refractivity contribution in [2.45, 2.75) is 30.6 Å². The molecule has 2 aromatic rings. The third kappa shape index (κ3) is 6.34. The third-order valence-corrected chi connectivity index (χ3v) is 6.29. The summed E-state index contributed by atoms with van der Waals surface area (Å²) >= 11 is 0. The van der Waals surface area contributed by atoms with Gasteiger partial charge in [-0.2, -0.15) is 0 Å². The minimum absolute atomic E-state index is 0.114. The van der Waals surface area contributed by atoms with Crippen LogP contribution >= 0.6 is 0 Å². The van der Waals surface area contributed by atoms with E-state index in [1.165, 1.54) is 18.2 Å². The number of rotatable bonds is 7. The smallest absolute Gasteiger partial charge is 0.262 e. The molecule has 9 heteroatoms. The first-order valence-corrected chi connectivity index (χ1v) is 11.8. The minimum Gasteiger partial charge on any atom is -0.493 e. The number of hydrogen-bond donors (Lipinski definition) is 2. The Kier molecular flexibility index (Phi) is 7.88. The van der Waals surface area contributed by atoms with Crippen LogP contribution in [0.25, 0.3) is 6.08 Å².